The Labute approximate surface area is 154 Å². The summed E-state index contributed by atoms with van der Waals surface area (Å²) in [5.74, 6) is 1.33. The Hall–Kier alpha value is -1.67. The molecule has 0 amide bonds. The summed E-state index contributed by atoms with van der Waals surface area (Å²) in [5, 5.41) is 3.67. The molecule has 1 aromatic carbocycles. The lowest BCUT2D eigenvalue weighted by atomic mass is 9.85. The summed E-state index contributed by atoms with van der Waals surface area (Å²) in [6.45, 7) is 20.8. The zero-order valence-electron chi connectivity index (χ0n) is 16.7. The molecule has 0 saturated carbocycles. The SMILES string of the molecule is C=CCN=C(C)c1cc(C(C)C[C@@H]2C[C@H](C)CN2)c(C)cc1C(=C)C. The van der Waals surface area contributed by atoms with Crippen molar-refractivity contribution < 1.29 is 0 Å². The van der Waals surface area contributed by atoms with Crippen molar-refractivity contribution in [1.29, 1.82) is 0 Å². The quantitative estimate of drug-likeness (QED) is 0.514. The molecule has 2 heteroatoms. The summed E-state index contributed by atoms with van der Waals surface area (Å²) in [5.41, 5.74) is 7.39. The molecule has 1 aromatic rings. The summed E-state index contributed by atoms with van der Waals surface area (Å²) >= 11 is 0. The van der Waals surface area contributed by atoms with Crippen LogP contribution in [0.5, 0.6) is 0 Å². The van der Waals surface area contributed by atoms with E-state index in [-0.39, 0.29) is 0 Å². The van der Waals surface area contributed by atoms with Crippen LogP contribution in [0.4, 0.5) is 0 Å². The van der Waals surface area contributed by atoms with Gasteiger partial charge in [-0.2, -0.15) is 0 Å². The van der Waals surface area contributed by atoms with Crippen LogP contribution >= 0.6 is 0 Å². The first-order chi connectivity index (χ1) is 11.8. The molecular weight excluding hydrogens is 304 g/mol. The standard InChI is InChI=1S/C23H34N2/c1-8-9-24-19(7)23-13-22(18(6)12-21(23)15(2)3)17(5)11-20-10-16(4)14-25-20/h8,12-13,16-17,20,25H,1-2,9-11,14H2,3-7H3/t16-,17?,20-/m0/s1. The van der Waals surface area contributed by atoms with Gasteiger partial charge in [0.15, 0.2) is 0 Å². The van der Waals surface area contributed by atoms with Crippen molar-refractivity contribution in [3.8, 4) is 0 Å². The Morgan fingerprint density at radius 2 is 2.08 bits per heavy atom. The predicted octanol–water partition coefficient (Wildman–Crippen LogP) is 5.51. The third kappa shape index (κ3) is 4.92. The molecule has 1 aliphatic rings. The smallest absolute Gasteiger partial charge is 0.0571 e. The second-order valence-corrected chi connectivity index (χ2v) is 7.83. The van der Waals surface area contributed by atoms with E-state index in [2.05, 4.69) is 70.2 Å². The molecule has 1 saturated heterocycles. The molecule has 0 aromatic heterocycles. The normalized spacial score (nSPS) is 22.0. The third-order valence-electron chi connectivity index (χ3n) is 5.32. The first-order valence-electron chi connectivity index (χ1n) is 9.49. The number of benzene rings is 1. The maximum absolute atomic E-state index is 4.64. The summed E-state index contributed by atoms with van der Waals surface area (Å²) in [6.07, 6.45) is 4.33. The molecule has 2 nitrogen and oxygen atoms in total. The maximum atomic E-state index is 4.64. The summed E-state index contributed by atoms with van der Waals surface area (Å²) < 4.78 is 0. The van der Waals surface area contributed by atoms with Gasteiger partial charge in [0.05, 0.1) is 6.54 Å². The van der Waals surface area contributed by atoms with Crippen molar-refractivity contribution in [2.75, 3.05) is 13.1 Å². The highest BCUT2D eigenvalue weighted by molar-refractivity contribution is 6.03. The number of aryl methyl sites for hydroxylation is 1. The van der Waals surface area contributed by atoms with Crippen molar-refractivity contribution in [3.05, 3.63) is 53.6 Å². The molecule has 2 rings (SSSR count). The summed E-state index contributed by atoms with van der Waals surface area (Å²) in [4.78, 5) is 4.64. The lowest BCUT2D eigenvalue weighted by Gasteiger charge is -2.22. The van der Waals surface area contributed by atoms with Crippen LogP contribution in [-0.2, 0) is 0 Å². The molecule has 1 N–H and O–H groups in total. The predicted molar refractivity (Wildman–Crippen MR) is 112 cm³/mol. The molecule has 25 heavy (non-hydrogen) atoms. The Balaban J connectivity index is 2.34. The van der Waals surface area contributed by atoms with Crippen LogP contribution in [0.3, 0.4) is 0 Å². The van der Waals surface area contributed by atoms with Crippen molar-refractivity contribution in [2.45, 2.75) is 59.4 Å². The second-order valence-electron chi connectivity index (χ2n) is 7.83. The summed E-state index contributed by atoms with van der Waals surface area (Å²) in [7, 11) is 0. The van der Waals surface area contributed by atoms with Gasteiger partial charge in [-0.25, -0.2) is 0 Å². The van der Waals surface area contributed by atoms with Crippen LogP contribution in [0.25, 0.3) is 5.57 Å². The number of allylic oxidation sites excluding steroid dienone is 1. The molecule has 0 spiro atoms. The molecule has 0 bridgehead atoms. The maximum Gasteiger partial charge on any atom is 0.0571 e. The van der Waals surface area contributed by atoms with E-state index in [0.717, 1.165) is 23.7 Å². The van der Waals surface area contributed by atoms with Gasteiger partial charge in [-0.3, -0.25) is 4.99 Å². The van der Waals surface area contributed by atoms with Gasteiger partial charge in [0, 0.05) is 17.3 Å². The summed E-state index contributed by atoms with van der Waals surface area (Å²) in [6, 6.07) is 5.29. The minimum Gasteiger partial charge on any atom is -0.314 e. The van der Waals surface area contributed by atoms with Gasteiger partial charge < -0.3 is 5.32 Å². The van der Waals surface area contributed by atoms with Gasteiger partial charge in [-0.15, -0.1) is 6.58 Å². The first-order valence-corrected chi connectivity index (χ1v) is 9.49. The fourth-order valence-electron chi connectivity index (χ4n) is 3.95. The van der Waals surface area contributed by atoms with Gasteiger partial charge in [-0.1, -0.05) is 38.1 Å². The van der Waals surface area contributed by atoms with E-state index in [0.29, 0.717) is 18.5 Å². The van der Waals surface area contributed by atoms with E-state index >= 15 is 0 Å². The van der Waals surface area contributed by atoms with Gasteiger partial charge in [0.2, 0.25) is 0 Å². The van der Waals surface area contributed by atoms with E-state index < -0.39 is 0 Å². The number of hydrogen-bond acceptors (Lipinski definition) is 2. The number of nitrogens with one attached hydrogen (secondary N) is 1. The number of rotatable bonds is 7. The van der Waals surface area contributed by atoms with E-state index in [1.54, 1.807) is 0 Å². The third-order valence-corrected chi connectivity index (χ3v) is 5.32. The van der Waals surface area contributed by atoms with E-state index in [1.165, 1.54) is 35.1 Å². The lowest BCUT2D eigenvalue weighted by Crippen LogP contribution is -2.23. The number of nitrogens with zero attached hydrogens (tertiary/aromatic N) is 1. The molecule has 1 aliphatic heterocycles. The van der Waals surface area contributed by atoms with Gasteiger partial charge in [0.1, 0.15) is 0 Å². The van der Waals surface area contributed by atoms with Crippen LogP contribution in [0.1, 0.15) is 68.7 Å². The molecule has 0 radical (unpaired) electrons. The fourth-order valence-corrected chi connectivity index (χ4v) is 3.95. The molecule has 1 fully saturated rings. The molecule has 136 valence electrons. The molecule has 3 atom stereocenters. The van der Waals surface area contributed by atoms with Crippen LogP contribution < -0.4 is 5.32 Å². The zero-order valence-corrected chi connectivity index (χ0v) is 16.7. The van der Waals surface area contributed by atoms with Crippen molar-refractivity contribution in [1.82, 2.24) is 5.32 Å². The lowest BCUT2D eigenvalue weighted by molar-refractivity contribution is 0.499. The van der Waals surface area contributed by atoms with Crippen LogP contribution in [0.15, 0.2) is 36.4 Å². The highest BCUT2D eigenvalue weighted by atomic mass is 14.9. The first kappa shape index (κ1) is 19.7. The zero-order chi connectivity index (χ0) is 18.6. The van der Waals surface area contributed by atoms with Gasteiger partial charge >= 0.3 is 0 Å². The van der Waals surface area contributed by atoms with E-state index in [4.69, 9.17) is 0 Å². The van der Waals surface area contributed by atoms with Crippen molar-refractivity contribution in [2.24, 2.45) is 10.9 Å². The highest BCUT2D eigenvalue weighted by Crippen LogP contribution is 2.31. The monoisotopic (exact) mass is 338 g/mol. The van der Waals surface area contributed by atoms with E-state index in [1.807, 2.05) is 6.08 Å². The van der Waals surface area contributed by atoms with Crippen LogP contribution in [0, 0.1) is 12.8 Å². The van der Waals surface area contributed by atoms with Crippen molar-refractivity contribution in [3.63, 3.8) is 0 Å². The number of aliphatic imine (C=N–C) groups is 1. The Bertz CT molecular complexity index is 669. The Morgan fingerprint density at radius 1 is 1.36 bits per heavy atom. The molecular formula is C23H34N2. The largest absolute Gasteiger partial charge is 0.314 e. The number of hydrogen-bond donors (Lipinski definition) is 1. The van der Waals surface area contributed by atoms with E-state index in [9.17, 15) is 0 Å². The average Bonchev–Trinajstić information content (AvgIpc) is 2.96. The van der Waals surface area contributed by atoms with Crippen LogP contribution in [-0.4, -0.2) is 24.8 Å². The molecule has 0 aliphatic carbocycles. The van der Waals surface area contributed by atoms with Gasteiger partial charge in [0.25, 0.3) is 0 Å². The minimum absolute atomic E-state index is 0.535. The highest BCUT2D eigenvalue weighted by Gasteiger charge is 2.24. The average molecular weight is 339 g/mol. The van der Waals surface area contributed by atoms with Crippen LogP contribution in [0.2, 0.25) is 0 Å². The van der Waals surface area contributed by atoms with Gasteiger partial charge in [-0.05, 0) is 74.8 Å². The van der Waals surface area contributed by atoms with Crippen molar-refractivity contribution >= 4 is 11.3 Å². The Kier molecular flexibility index (Phi) is 6.78. The fraction of sp³-hybridized carbons (Fsp3) is 0.522. The Morgan fingerprint density at radius 3 is 2.64 bits per heavy atom. The second kappa shape index (κ2) is 8.62. The molecule has 1 unspecified atom stereocenters. The molecule has 1 heterocycles. The minimum atomic E-state index is 0.535. The topological polar surface area (TPSA) is 24.4 Å².